The van der Waals surface area contributed by atoms with E-state index in [1.165, 1.54) is 109 Å². The first-order valence-electron chi connectivity index (χ1n) is 12.8. The number of hydrogen-bond donors (Lipinski definition) is 1. The maximum Gasteiger partial charge on any atom is 0.288 e. The Hall–Kier alpha value is -0.830. The molecule has 1 unspecified atom stereocenters. The monoisotopic (exact) mass is 409 g/mol. The summed E-state index contributed by atoms with van der Waals surface area (Å²) >= 11 is 0. The van der Waals surface area contributed by atoms with Gasteiger partial charge in [-0.15, -0.1) is 0 Å². The van der Waals surface area contributed by atoms with Crippen LogP contribution in [0.2, 0.25) is 0 Å². The third kappa shape index (κ3) is 16.6. The van der Waals surface area contributed by atoms with Gasteiger partial charge in [0.15, 0.2) is 0 Å². The summed E-state index contributed by atoms with van der Waals surface area (Å²) in [5, 5.41) is 0. The molecule has 29 heavy (non-hydrogen) atoms. The molecule has 0 aromatic rings. The molecule has 3 heteroatoms. The molecule has 0 aliphatic rings. The predicted octanol–water partition coefficient (Wildman–Crippen LogP) is 7.71. The number of rotatable bonds is 21. The van der Waals surface area contributed by atoms with Gasteiger partial charge >= 0.3 is 0 Å². The number of carbonyl (C=O) groups is 1. The Morgan fingerprint density at radius 3 is 1.52 bits per heavy atom. The van der Waals surface area contributed by atoms with Crippen molar-refractivity contribution in [2.45, 2.75) is 135 Å². The summed E-state index contributed by atoms with van der Waals surface area (Å²) in [6.07, 6.45) is 25.9. The van der Waals surface area contributed by atoms with Crippen molar-refractivity contribution >= 4 is 5.91 Å². The van der Waals surface area contributed by atoms with Crippen molar-refractivity contribution in [1.82, 2.24) is 5.43 Å². The minimum absolute atomic E-state index is 0.0763. The van der Waals surface area contributed by atoms with Crippen LogP contribution in [0.25, 0.3) is 0 Å². The van der Waals surface area contributed by atoms with Crippen LogP contribution in [0.1, 0.15) is 129 Å². The standard InChI is InChI=1S/C26H52N2O/c1-6-9-10-11-12-13-14-15-16-17-18-19-20-21-22-24-25(23-7-2)28(4,5)27-26(29)8-3/h8,25H,3,6-7,9-24H2,1-2,4-5H3/p+1. The fourth-order valence-corrected chi connectivity index (χ4v) is 4.30. The summed E-state index contributed by atoms with van der Waals surface area (Å²) < 4.78 is 0.567. The van der Waals surface area contributed by atoms with Gasteiger partial charge in [-0.05, 0) is 6.42 Å². The Kier molecular flexibility index (Phi) is 18.6. The lowest BCUT2D eigenvalue weighted by Crippen LogP contribution is -2.59. The molecule has 0 saturated carbocycles. The molecule has 172 valence electrons. The molecule has 0 radical (unpaired) electrons. The van der Waals surface area contributed by atoms with Crippen LogP contribution in [0.4, 0.5) is 0 Å². The Bertz CT molecular complexity index is 392. The fourth-order valence-electron chi connectivity index (χ4n) is 4.30. The van der Waals surface area contributed by atoms with Gasteiger partial charge in [0.25, 0.3) is 5.91 Å². The lowest BCUT2D eigenvalue weighted by atomic mass is 10.0. The number of hydrogen-bond acceptors (Lipinski definition) is 1. The van der Waals surface area contributed by atoms with Crippen LogP contribution in [0, 0.1) is 0 Å². The zero-order valence-corrected chi connectivity index (χ0v) is 20.4. The van der Waals surface area contributed by atoms with Crippen LogP contribution in [0.3, 0.4) is 0 Å². The third-order valence-corrected chi connectivity index (χ3v) is 6.26. The molecule has 3 nitrogen and oxygen atoms in total. The van der Waals surface area contributed by atoms with Crippen molar-refractivity contribution in [3.8, 4) is 0 Å². The molecule has 0 aromatic carbocycles. The third-order valence-electron chi connectivity index (χ3n) is 6.26. The van der Waals surface area contributed by atoms with E-state index in [4.69, 9.17) is 0 Å². The first kappa shape index (κ1) is 28.2. The average Bonchev–Trinajstić information content (AvgIpc) is 2.69. The van der Waals surface area contributed by atoms with E-state index in [0.29, 0.717) is 10.6 Å². The predicted molar refractivity (Wildman–Crippen MR) is 129 cm³/mol. The molecule has 0 aliphatic heterocycles. The van der Waals surface area contributed by atoms with Gasteiger partial charge in [-0.3, -0.25) is 4.79 Å². The second-order valence-corrected chi connectivity index (χ2v) is 9.40. The van der Waals surface area contributed by atoms with Gasteiger partial charge < -0.3 is 0 Å². The van der Waals surface area contributed by atoms with Crippen LogP contribution in [-0.2, 0) is 4.79 Å². The highest BCUT2D eigenvalue weighted by atomic mass is 16.2. The number of carbonyl (C=O) groups excluding carboxylic acids is 1. The molecule has 0 aromatic heterocycles. The highest BCUT2D eigenvalue weighted by molar-refractivity contribution is 5.85. The normalized spacial score (nSPS) is 12.7. The molecule has 0 heterocycles. The van der Waals surface area contributed by atoms with Crippen molar-refractivity contribution in [2.24, 2.45) is 0 Å². The molecule has 0 aliphatic carbocycles. The molecule has 0 spiro atoms. The molecule has 0 saturated heterocycles. The van der Waals surface area contributed by atoms with Gasteiger partial charge in [0.2, 0.25) is 0 Å². The quantitative estimate of drug-likeness (QED) is 0.0894. The Morgan fingerprint density at radius 2 is 1.14 bits per heavy atom. The lowest BCUT2D eigenvalue weighted by Gasteiger charge is -2.37. The Labute approximate surface area is 183 Å². The lowest BCUT2D eigenvalue weighted by molar-refractivity contribution is -0.949. The van der Waals surface area contributed by atoms with Crippen molar-refractivity contribution in [1.29, 1.82) is 0 Å². The van der Waals surface area contributed by atoms with Crippen molar-refractivity contribution in [3.05, 3.63) is 12.7 Å². The van der Waals surface area contributed by atoms with E-state index >= 15 is 0 Å². The van der Waals surface area contributed by atoms with Crippen molar-refractivity contribution < 1.29 is 9.39 Å². The zero-order chi connectivity index (χ0) is 21.8. The van der Waals surface area contributed by atoms with Crippen LogP contribution < -0.4 is 5.43 Å². The smallest absolute Gasteiger partial charge is 0.265 e. The van der Waals surface area contributed by atoms with E-state index < -0.39 is 0 Å². The number of amides is 1. The highest BCUT2D eigenvalue weighted by Crippen LogP contribution is 2.19. The van der Waals surface area contributed by atoms with Crippen LogP contribution in [-0.4, -0.2) is 30.6 Å². The van der Waals surface area contributed by atoms with Gasteiger partial charge in [0.05, 0.1) is 14.1 Å². The van der Waals surface area contributed by atoms with Gasteiger partial charge in [-0.25, -0.2) is 4.59 Å². The van der Waals surface area contributed by atoms with Crippen molar-refractivity contribution in [3.63, 3.8) is 0 Å². The van der Waals surface area contributed by atoms with Gasteiger partial charge in [0.1, 0.15) is 6.04 Å². The van der Waals surface area contributed by atoms with E-state index in [0.717, 1.165) is 12.8 Å². The van der Waals surface area contributed by atoms with Crippen LogP contribution in [0.15, 0.2) is 12.7 Å². The van der Waals surface area contributed by atoms with Gasteiger partial charge in [-0.1, -0.05) is 117 Å². The second-order valence-electron chi connectivity index (χ2n) is 9.40. The number of unbranched alkanes of at least 4 members (excludes halogenated alkanes) is 14. The van der Waals surface area contributed by atoms with Crippen molar-refractivity contribution in [2.75, 3.05) is 14.1 Å². The topological polar surface area (TPSA) is 29.1 Å². The second kappa shape index (κ2) is 19.2. The Morgan fingerprint density at radius 1 is 0.724 bits per heavy atom. The minimum Gasteiger partial charge on any atom is -0.265 e. The first-order valence-corrected chi connectivity index (χ1v) is 12.8. The van der Waals surface area contributed by atoms with Gasteiger partial charge in [0, 0.05) is 18.9 Å². The summed E-state index contributed by atoms with van der Waals surface area (Å²) in [5.41, 5.74) is 3.07. The SMILES string of the molecule is C=CC(=O)N[N+](C)(C)C(CCC)CCCCCCCCCCCCCCCCC. The summed E-state index contributed by atoms with van der Waals surface area (Å²) in [7, 11) is 4.21. The molecular formula is C26H53N2O+. The largest absolute Gasteiger partial charge is 0.288 e. The number of nitrogens with zero attached hydrogens (tertiary/aromatic N) is 1. The average molecular weight is 410 g/mol. The highest BCUT2D eigenvalue weighted by Gasteiger charge is 2.28. The molecule has 0 rings (SSSR count). The van der Waals surface area contributed by atoms with E-state index in [2.05, 4.69) is 39.9 Å². The molecular weight excluding hydrogens is 356 g/mol. The summed E-state index contributed by atoms with van der Waals surface area (Å²) in [6.45, 7) is 8.09. The van der Waals surface area contributed by atoms with E-state index in [1.54, 1.807) is 0 Å². The molecule has 0 fully saturated rings. The zero-order valence-electron chi connectivity index (χ0n) is 20.4. The summed E-state index contributed by atoms with van der Waals surface area (Å²) in [6, 6.07) is 0.492. The molecule has 1 N–H and O–H groups in total. The number of quaternary nitrogens is 1. The van der Waals surface area contributed by atoms with E-state index in [-0.39, 0.29) is 5.91 Å². The molecule has 0 bridgehead atoms. The number of nitrogens with one attached hydrogen (secondary N) is 1. The van der Waals surface area contributed by atoms with E-state index in [9.17, 15) is 4.79 Å². The summed E-state index contributed by atoms with van der Waals surface area (Å²) in [5.74, 6) is -0.0763. The summed E-state index contributed by atoms with van der Waals surface area (Å²) in [4.78, 5) is 11.7. The minimum atomic E-state index is -0.0763. The van der Waals surface area contributed by atoms with Crippen LogP contribution >= 0.6 is 0 Å². The molecule has 1 atom stereocenters. The first-order chi connectivity index (χ1) is 14.0. The maximum absolute atomic E-state index is 11.7. The van der Waals surface area contributed by atoms with Gasteiger partial charge in [-0.2, -0.15) is 5.43 Å². The Balaban J connectivity index is 3.63. The van der Waals surface area contributed by atoms with Crippen LogP contribution in [0.5, 0.6) is 0 Å². The molecule has 1 amide bonds. The maximum atomic E-state index is 11.7. The van der Waals surface area contributed by atoms with E-state index in [1.807, 2.05) is 0 Å². The fraction of sp³-hybridized carbons (Fsp3) is 0.885.